The lowest BCUT2D eigenvalue weighted by molar-refractivity contribution is -0.113. The molecule has 1 aromatic heterocycles. The number of carbonyl (C=O) groups excluding carboxylic acids is 1. The van der Waals surface area contributed by atoms with Crippen LogP contribution in [0, 0.1) is 0 Å². The minimum Gasteiger partial charge on any atom is -0.493 e. The summed E-state index contributed by atoms with van der Waals surface area (Å²) in [6, 6.07) is 7.56. The number of benzene rings is 1. The molecule has 0 aliphatic rings. The number of methoxy groups -OCH3 is 1. The van der Waals surface area contributed by atoms with E-state index in [-0.39, 0.29) is 11.5 Å². The van der Waals surface area contributed by atoms with E-state index < -0.39 is 12.5 Å². The smallest absolute Gasteiger partial charge is 0.387 e. The van der Waals surface area contributed by atoms with Gasteiger partial charge in [-0.15, -0.1) is 0 Å². The van der Waals surface area contributed by atoms with E-state index in [2.05, 4.69) is 20.4 Å². The number of hydrogen-bond donors (Lipinski definition) is 4. The van der Waals surface area contributed by atoms with E-state index in [0.29, 0.717) is 29.4 Å². The number of nitrogens with zero attached hydrogens (tertiary/aromatic N) is 2. The Morgan fingerprint density at radius 1 is 1.27 bits per heavy atom. The molecule has 0 unspecified atom stereocenters. The monoisotopic (exact) mass is 422 g/mol. The van der Waals surface area contributed by atoms with E-state index in [4.69, 9.17) is 16.3 Å². The van der Waals surface area contributed by atoms with Crippen molar-refractivity contribution in [3.05, 3.63) is 53.5 Å². The Kier molecular flexibility index (Phi) is 7.76. The van der Waals surface area contributed by atoms with Crippen molar-refractivity contribution in [2.75, 3.05) is 25.2 Å². The molecule has 30 heavy (non-hydrogen) atoms. The number of halogens is 2. The molecule has 1 amide bonds. The molecular formula is C19H24F2N6O3. The molecule has 0 saturated heterocycles. The second-order valence-electron chi connectivity index (χ2n) is 6.23. The third-order valence-electron chi connectivity index (χ3n) is 3.99. The Bertz CT molecular complexity index is 921. The Balaban J connectivity index is 2.16. The number of hydrogen-bond acceptors (Lipinski definition) is 8. The van der Waals surface area contributed by atoms with Crippen molar-refractivity contribution in [1.82, 2.24) is 15.3 Å². The van der Waals surface area contributed by atoms with Gasteiger partial charge in [-0.2, -0.15) is 8.78 Å². The van der Waals surface area contributed by atoms with Crippen LogP contribution < -0.4 is 31.7 Å². The predicted octanol–water partition coefficient (Wildman–Crippen LogP) is 2.04. The molecule has 0 atom stereocenters. The number of hydrazine groups is 1. The zero-order valence-corrected chi connectivity index (χ0v) is 16.8. The molecule has 9 nitrogen and oxygen atoms in total. The molecule has 0 aliphatic carbocycles. The lowest BCUT2D eigenvalue weighted by Gasteiger charge is -2.21. The largest absolute Gasteiger partial charge is 0.493 e. The number of pyridine rings is 1. The molecule has 1 aromatic carbocycles. The molecule has 6 N–H and O–H groups in total. The van der Waals surface area contributed by atoms with Gasteiger partial charge in [0.15, 0.2) is 11.5 Å². The first-order valence-corrected chi connectivity index (χ1v) is 8.79. The summed E-state index contributed by atoms with van der Waals surface area (Å²) in [7, 11) is 2.89. The molecule has 162 valence electrons. The highest BCUT2D eigenvalue weighted by Gasteiger charge is 2.16. The molecule has 11 heteroatoms. The van der Waals surface area contributed by atoms with Gasteiger partial charge < -0.3 is 25.8 Å². The summed E-state index contributed by atoms with van der Waals surface area (Å²) in [6.45, 7) is -1.04. The molecule has 0 aliphatic heterocycles. The van der Waals surface area contributed by atoms with Gasteiger partial charge in [0.1, 0.15) is 11.6 Å². The minimum atomic E-state index is -2.99. The first-order valence-electron chi connectivity index (χ1n) is 8.79. The van der Waals surface area contributed by atoms with Crippen molar-refractivity contribution in [1.29, 1.82) is 0 Å². The number of nitrogen functional groups attached to an aromatic ring is 1. The fourth-order valence-electron chi connectivity index (χ4n) is 2.58. The molecule has 0 spiro atoms. The van der Waals surface area contributed by atoms with Gasteiger partial charge in [0.2, 0.25) is 0 Å². The van der Waals surface area contributed by atoms with Crippen LogP contribution in [0.1, 0.15) is 12.5 Å². The van der Waals surface area contributed by atoms with Crippen LogP contribution in [0.5, 0.6) is 11.5 Å². The molecule has 0 radical (unpaired) electrons. The highest BCUT2D eigenvalue weighted by atomic mass is 19.3. The molecule has 1 heterocycles. The second-order valence-corrected chi connectivity index (χ2v) is 6.23. The fraction of sp³-hybridized carbons (Fsp3) is 0.263. The summed E-state index contributed by atoms with van der Waals surface area (Å²) in [5.41, 5.74) is 7.16. The summed E-state index contributed by atoms with van der Waals surface area (Å²) in [4.78, 5) is 16.6. The van der Waals surface area contributed by atoms with Crippen LogP contribution in [0.15, 0.2) is 47.9 Å². The van der Waals surface area contributed by atoms with Gasteiger partial charge in [-0.05, 0) is 36.8 Å². The van der Waals surface area contributed by atoms with E-state index >= 15 is 0 Å². The summed E-state index contributed by atoms with van der Waals surface area (Å²) in [6.07, 6.45) is 1.58. The zero-order valence-electron chi connectivity index (χ0n) is 16.8. The lowest BCUT2D eigenvalue weighted by Crippen LogP contribution is -2.36. The van der Waals surface area contributed by atoms with Crippen LogP contribution in [0.4, 0.5) is 20.3 Å². The number of ether oxygens (including phenoxy) is 2. The van der Waals surface area contributed by atoms with Crippen LogP contribution in [0.25, 0.3) is 0 Å². The zero-order chi connectivity index (χ0) is 22.3. The SMILES string of the molecule is COc1cc(NC(=O)/C(C)=C(\NCc2ccnc(N)c2)N(C)N)ccc1OC(F)F. The van der Waals surface area contributed by atoms with Gasteiger partial charge in [0.25, 0.3) is 5.91 Å². The highest BCUT2D eigenvalue weighted by molar-refractivity contribution is 6.03. The molecule has 0 bridgehead atoms. The molecule has 2 rings (SSSR count). The third-order valence-corrected chi connectivity index (χ3v) is 3.99. The van der Waals surface area contributed by atoms with Crippen molar-refractivity contribution in [3.8, 4) is 11.5 Å². The topological polar surface area (TPSA) is 128 Å². The Hall–Kier alpha value is -3.60. The van der Waals surface area contributed by atoms with Crippen molar-refractivity contribution >= 4 is 17.4 Å². The first kappa shape index (κ1) is 22.7. The van der Waals surface area contributed by atoms with Gasteiger partial charge in [-0.3, -0.25) is 9.80 Å². The Morgan fingerprint density at radius 3 is 2.60 bits per heavy atom. The maximum atomic E-state index is 12.7. The molecular weight excluding hydrogens is 398 g/mol. The molecule has 0 saturated carbocycles. The number of amides is 1. The molecule has 2 aromatic rings. The van der Waals surface area contributed by atoms with Crippen LogP contribution in [-0.4, -0.2) is 36.7 Å². The Morgan fingerprint density at radius 2 is 2.00 bits per heavy atom. The maximum Gasteiger partial charge on any atom is 0.387 e. The van der Waals surface area contributed by atoms with Crippen LogP contribution >= 0.6 is 0 Å². The third kappa shape index (κ3) is 6.21. The van der Waals surface area contributed by atoms with Crippen molar-refractivity contribution < 1.29 is 23.0 Å². The lowest BCUT2D eigenvalue weighted by atomic mass is 10.2. The number of aromatic nitrogens is 1. The van der Waals surface area contributed by atoms with Gasteiger partial charge in [0, 0.05) is 31.5 Å². The second kappa shape index (κ2) is 10.3. The van der Waals surface area contributed by atoms with Crippen LogP contribution in [-0.2, 0) is 11.3 Å². The van der Waals surface area contributed by atoms with Crippen LogP contribution in [0.2, 0.25) is 0 Å². The number of nitrogens with one attached hydrogen (secondary N) is 2. The van der Waals surface area contributed by atoms with E-state index in [0.717, 1.165) is 5.56 Å². The van der Waals surface area contributed by atoms with Gasteiger partial charge >= 0.3 is 6.61 Å². The van der Waals surface area contributed by atoms with E-state index in [9.17, 15) is 13.6 Å². The number of anilines is 2. The quantitative estimate of drug-likeness (QED) is 0.275. The number of nitrogens with two attached hydrogens (primary N) is 2. The normalized spacial score (nSPS) is 11.6. The predicted molar refractivity (Wildman–Crippen MR) is 108 cm³/mol. The highest BCUT2D eigenvalue weighted by Crippen LogP contribution is 2.31. The van der Waals surface area contributed by atoms with Gasteiger partial charge in [-0.25, -0.2) is 10.8 Å². The van der Waals surface area contributed by atoms with E-state index in [1.165, 1.54) is 30.3 Å². The first-order chi connectivity index (χ1) is 14.2. The average molecular weight is 422 g/mol. The number of rotatable bonds is 9. The number of carbonyl (C=O) groups is 1. The maximum absolute atomic E-state index is 12.7. The number of alkyl halides is 2. The Labute approximate surface area is 172 Å². The fourth-order valence-corrected chi connectivity index (χ4v) is 2.58. The summed E-state index contributed by atoms with van der Waals surface area (Å²) in [5, 5.41) is 7.04. The standard InChI is InChI=1S/C19H24F2N6O3/c1-11(17(27(2)23)25-10-12-6-7-24-16(22)8-12)18(28)26-13-4-5-14(30-19(20)21)15(9-13)29-3/h4-9,19,25H,10,23H2,1-3H3,(H2,22,24)(H,26,28)/b17-11+. The minimum absolute atomic E-state index is 0.0549. The van der Waals surface area contributed by atoms with E-state index in [1.807, 2.05) is 0 Å². The van der Waals surface area contributed by atoms with Crippen molar-refractivity contribution in [2.45, 2.75) is 20.1 Å². The molecule has 0 fully saturated rings. The van der Waals surface area contributed by atoms with Gasteiger partial charge in [0.05, 0.1) is 12.7 Å². The summed E-state index contributed by atoms with van der Waals surface area (Å²) < 4.78 is 34.3. The van der Waals surface area contributed by atoms with E-state index in [1.54, 1.807) is 32.3 Å². The van der Waals surface area contributed by atoms with Crippen molar-refractivity contribution in [2.24, 2.45) is 5.84 Å². The van der Waals surface area contributed by atoms with Crippen LogP contribution in [0.3, 0.4) is 0 Å². The summed E-state index contributed by atoms with van der Waals surface area (Å²) >= 11 is 0. The van der Waals surface area contributed by atoms with Crippen molar-refractivity contribution in [3.63, 3.8) is 0 Å². The van der Waals surface area contributed by atoms with Gasteiger partial charge in [-0.1, -0.05) is 0 Å². The summed E-state index contributed by atoms with van der Waals surface area (Å²) in [5.74, 6) is 6.09. The average Bonchev–Trinajstić information content (AvgIpc) is 2.68.